The average Bonchev–Trinajstić information content (AvgIpc) is 3.07. The quantitative estimate of drug-likeness (QED) is 0.635. The number of hydrogen-bond donors (Lipinski definition) is 1. The fourth-order valence-corrected chi connectivity index (χ4v) is 1.90. The second-order valence-corrected chi connectivity index (χ2v) is 5.11. The Balaban J connectivity index is 1.70. The van der Waals surface area contributed by atoms with Crippen molar-refractivity contribution in [1.29, 1.82) is 0 Å². The van der Waals surface area contributed by atoms with Crippen LogP contribution in [0.2, 0.25) is 0 Å². The van der Waals surface area contributed by atoms with E-state index in [2.05, 4.69) is 23.1 Å². The zero-order valence-electron chi connectivity index (χ0n) is 9.71. The summed E-state index contributed by atoms with van der Waals surface area (Å²) < 4.78 is 0. The minimum Gasteiger partial charge on any atom is -0.312 e. The summed E-state index contributed by atoms with van der Waals surface area (Å²) in [7, 11) is 0. The highest BCUT2D eigenvalue weighted by atomic mass is 15.2. The van der Waals surface area contributed by atoms with E-state index in [0.29, 0.717) is 6.04 Å². The molecule has 0 bridgehead atoms. The Kier molecular flexibility index (Phi) is 3.66. The largest absolute Gasteiger partial charge is 0.312 e. The van der Waals surface area contributed by atoms with Gasteiger partial charge in [-0.25, -0.2) is 0 Å². The lowest BCUT2D eigenvalue weighted by Crippen LogP contribution is -2.42. The van der Waals surface area contributed by atoms with Crippen LogP contribution in [0, 0.1) is 18.3 Å². The molecule has 0 saturated heterocycles. The molecule has 1 unspecified atom stereocenters. The molecule has 2 rings (SSSR count). The van der Waals surface area contributed by atoms with Gasteiger partial charge in [0.15, 0.2) is 0 Å². The molecule has 0 radical (unpaired) electrons. The second kappa shape index (κ2) is 5.01. The molecule has 0 heterocycles. The van der Waals surface area contributed by atoms with Gasteiger partial charge in [0, 0.05) is 25.2 Å². The summed E-state index contributed by atoms with van der Waals surface area (Å²) in [6, 6.07) is 1.39. The molecule has 0 aromatic carbocycles. The summed E-state index contributed by atoms with van der Waals surface area (Å²) in [6.07, 6.45) is 11.0. The predicted octanol–water partition coefficient (Wildman–Crippen LogP) is 1.47. The van der Waals surface area contributed by atoms with Crippen molar-refractivity contribution in [3.8, 4) is 12.3 Å². The molecular weight excluding hydrogens is 184 g/mol. The van der Waals surface area contributed by atoms with E-state index in [1.54, 1.807) is 0 Å². The average molecular weight is 206 g/mol. The van der Waals surface area contributed by atoms with E-state index >= 15 is 0 Å². The Morgan fingerprint density at radius 1 is 1.40 bits per heavy atom. The first kappa shape index (κ1) is 11.0. The Morgan fingerprint density at radius 3 is 2.67 bits per heavy atom. The van der Waals surface area contributed by atoms with E-state index in [4.69, 9.17) is 6.42 Å². The van der Waals surface area contributed by atoms with Crippen LogP contribution in [0.3, 0.4) is 0 Å². The normalized spacial score (nSPS) is 22.7. The van der Waals surface area contributed by atoms with Crippen LogP contribution < -0.4 is 5.32 Å². The Hall–Kier alpha value is -0.520. The maximum atomic E-state index is 5.42. The van der Waals surface area contributed by atoms with Gasteiger partial charge in [-0.3, -0.25) is 4.90 Å². The van der Waals surface area contributed by atoms with Crippen LogP contribution in [-0.4, -0.2) is 36.6 Å². The molecule has 0 spiro atoms. The highest BCUT2D eigenvalue weighted by molar-refractivity contribution is 4.93. The number of terminal acetylenes is 1. The lowest BCUT2D eigenvalue weighted by molar-refractivity contribution is 0.220. The smallest absolute Gasteiger partial charge is 0.0601 e. The van der Waals surface area contributed by atoms with Gasteiger partial charge < -0.3 is 5.32 Å². The fourth-order valence-electron chi connectivity index (χ4n) is 1.90. The molecular formula is C13H22N2. The van der Waals surface area contributed by atoms with E-state index in [9.17, 15) is 0 Å². The maximum Gasteiger partial charge on any atom is 0.0601 e. The summed E-state index contributed by atoms with van der Waals surface area (Å²) >= 11 is 0. The van der Waals surface area contributed by atoms with Crippen molar-refractivity contribution in [2.45, 2.75) is 44.7 Å². The van der Waals surface area contributed by atoms with Gasteiger partial charge in [0.25, 0.3) is 0 Å². The van der Waals surface area contributed by atoms with Crippen LogP contribution in [0.15, 0.2) is 0 Å². The van der Waals surface area contributed by atoms with Crippen molar-refractivity contribution in [2.75, 3.05) is 19.6 Å². The van der Waals surface area contributed by atoms with Crippen LogP contribution in [0.1, 0.15) is 32.6 Å². The van der Waals surface area contributed by atoms with Crippen LogP contribution in [0.5, 0.6) is 0 Å². The Labute approximate surface area is 93.4 Å². The molecule has 0 aromatic heterocycles. The first-order valence-electron chi connectivity index (χ1n) is 6.20. The van der Waals surface area contributed by atoms with Crippen molar-refractivity contribution in [3.05, 3.63) is 0 Å². The zero-order chi connectivity index (χ0) is 10.7. The summed E-state index contributed by atoms with van der Waals surface area (Å²) in [5.41, 5.74) is 0. The summed E-state index contributed by atoms with van der Waals surface area (Å²) in [6.45, 7) is 5.40. The minimum absolute atomic E-state index is 0.585. The zero-order valence-corrected chi connectivity index (χ0v) is 9.71. The molecule has 0 amide bonds. The van der Waals surface area contributed by atoms with Gasteiger partial charge in [0.05, 0.1) is 6.54 Å². The lowest BCUT2D eigenvalue weighted by atomic mass is 10.2. The van der Waals surface area contributed by atoms with Crippen molar-refractivity contribution in [2.24, 2.45) is 5.92 Å². The maximum absolute atomic E-state index is 5.42. The van der Waals surface area contributed by atoms with E-state index < -0.39 is 0 Å². The van der Waals surface area contributed by atoms with Gasteiger partial charge in [0.2, 0.25) is 0 Å². The third kappa shape index (κ3) is 3.85. The summed E-state index contributed by atoms with van der Waals surface area (Å²) in [4.78, 5) is 2.45. The standard InChI is InChI=1S/C13H22N2/c1-3-8-15(10-12-4-5-12)11(2)9-14-13-6-7-13/h1,11-14H,4-10H2,2H3. The van der Waals surface area contributed by atoms with Crippen molar-refractivity contribution >= 4 is 0 Å². The van der Waals surface area contributed by atoms with E-state index in [1.165, 1.54) is 32.2 Å². The molecule has 0 aromatic rings. The van der Waals surface area contributed by atoms with Gasteiger partial charge in [-0.05, 0) is 38.5 Å². The second-order valence-electron chi connectivity index (χ2n) is 5.11. The molecule has 2 heteroatoms. The molecule has 2 fully saturated rings. The third-order valence-corrected chi connectivity index (χ3v) is 3.39. The van der Waals surface area contributed by atoms with Crippen LogP contribution in [0.4, 0.5) is 0 Å². The fraction of sp³-hybridized carbons (Fsp3) is 0.846. The topological polar surface area (TPSA) is 15.3 Å². The molecule has 1 atom stereocenters. The molecule has 2 aliphatic carbocycles. The summed E-state index contributed by atoms with van der Waals surface area (Å²) in [5, 5.41) is 3.58. The van der Waals surface area contributed by atoms with Gasteiger partial charge in [0.1, 0.15) is 0 Å². The third-order valence-electron chi connectivity index (χ3n) is 3.39. The van der Waals surface area contributed by atoms with Gasteiger partial charge in [-0.15, -0.1) is 6.42 Å². The Morgan fingerprint density at radius 2 is 2.13 bits per heavy atom. The monoisotopic (exact) mass is 206 g/mol. The van der Waals surface area contributed by atoms with Gasteiger partial charge in [-0.2, -0.15) is 0 Å². The molecule has 1 N–H and O–H groups in total. The van der Waals surface area contributed by atoms with Crippen molar-refractivity contribution in [1.82, 2.24) is 10.2 Å². The summed E-state index contributed by atoms with van der Waals surface area (Å²) in [5.74, 6) is 3.72. The predicted molar refractivity (Wildman–Crippen MR) is 63.6 cm³/mol. The SMILES string of the molecule is C#CCN(CC1CC1)C(C)CNC1CC1. The molecule has 84 valence electrons. The molecule has 2 aliphatic rings. The molecule has 2 saturated carbocycles. The van der Waals surface area contributed by atoms with Crippen LogP contribution >= 0.6 is 0 Å². The number of nitrogens with zero attached hydrogens (tertiary/aromatic N) is 1. The number of hydrogen-bond acceptors (Lipinski definition) is 2. The van der Waals surface area contributed by atoms with E-state index in [0.717, 1.165) is 25.0 Å². The molecule has 0 aliphatic heterocycles. The Bertz CT molecular complexity index is 235. The highest BCUT2D eigenvalue weighted by Gasteiger charge is 2.27. The minimum atomic E-state index is 0.585. The van der Waals surface area contributed by atoms with Gasteiger partial charge in [-0.1, -0.05) is 5.92 Å². The lowest BCUT2D eigenvalue weighted by Gasteiger charge is -2.27. The highest BCUT2D eigenvalue weighted by Crippen LogP contribution is 2.30. The van der Waals surface area contributed by atoms with Crippen LogP contribution in [-0.2, 0) is 0 Å². The van der Waals surface area contributed by atoms with Crippen molar-refractivity contribution in [3.63, 3.8) is 0 Å². The number of rotatable bonds is 7. The molecule has 2 nitrogen and oxygen atoms in total. The first-order valence-corrected chi connectivity index (χ1v) is 6.20. The van der Waals surface area contributed by atoms with Gasteiger partial charge >= 0.3 is 0 Å². The van der Waals surface area contributed by atoms with E-state index in [1.807, 2.05) is 0 Å². The number of nitrogens with one attached hydrogen (secondary N) is 1. The van der Waals surface area contributed by atoms with Crippen molar-refractivity contribution < 1.29 is 0 Å². The van der Waals surface area contributed by atoms with E-state index in [-0.39, 0.29) is 0 Å². The first-order chi connectivity index (χ1) is 7.29. The van der Waals surface area contributed by atoms with Crippen LogP contribution in [0.25, 0.3) is 0 Å². The molecule has 15 heavy (non-hydrogen) atoms.